The first-order valence-corrected chi connectivity index (χ1v) is 7.12. The van der Waals surface area contributed by atoms with Gasteiger partial charge in [-0.3, -0.25) is 9.59 Å². The molecule has 0 aliphatic carbocycles. The van der Waals surface area contributed by atoms with Crippen molar-refractivity contribution in [2.24, 2.45) is 0 Å². The Balaban J connectivity index is 1.85. The minimum atomic E-state index is -0.887. The molecular formula is C14H13N3O3S. The predicted molar refractivity (Wildman–Crippen MR) is 78.1 cm³/mol. The fourth-order valence-electron chi connectivity index (χ4n) is 2.17. The van der Waals surface area contributed by atoms with Crippen molar-refractivity contribution in [2.75, 3.05) is 12.4 Å². The van der Waals surface area contributed by atoms with E-state index in [1.165, 1.54) is 11.9 Å². The van der Waals surface area contributed by atoms with Crippen LogP contribution in [0.3, 0.4) is 0 Å². The average Bonchev–Trinajstić information content (AvgIpc) is 2.84. The average molecular weight is 303 g/mol. The number of carbonyl (C=O) groups excluding carboxylic acids is 2. The number of likely N-dealkylation sites (N-methyl/N-ethyl adjacent to an activating group) is 1. The number of nitrogens with zero attached hydrogens (tertiary/aromatic N) is 2. The van der Waals surface area contributed by atoms with Gasteiger partial charge in [0.25, 0.3) is 5.91 Å². The maximum Gasteiger partial charge on any atom is 0.251 e. The Bertz CT molecular complexity index is 713. The lowest BCUT2D eigenvalue weighted by atomic mass is 10.0. The van der Waals surface area contributed by atoms with E-state index >= 15 is 0 Å². The van der Waals surface area contributed by atoms with Gasteiger partial charge in [0.1, 0.15) is 5.76 Å². The first-order valence-electron chi connectivity index (χ1n) is 6.34. The number of aromatic nitrogens is 1. The summed E-state index contributed by atoms with van der Waals surface area (Å²) in [6.45, 7) is 1.73. The Hall–Kier alpha value is -2.12. The number of benzene rings is 1. The molecule has 0 saturated heterocycles. The van der Waals surface area contributed by atoms with Crippen molar-refractivity contribution in [3.8, 4) is 0 Å². The van der Waals surface area contributed by atoms with E-state index in [1.807, 2.05) is 12.1 Å². The van der Waals surface area contributed by atoms with Crippen LogP contribution in [0.2, 0.25) is 0 Å². The maximum absolute atomic E-state index is 12.5. The second-order valence-electron chi connectivity index (χ2n) is 4.71. The molecule has 1 N–H and O–H groups in total. The molecule has 1 aliphatic heterocycles. The topological polar surface area (TPSA) is 75.4 Å². The highest BCUT2D eigenvalue weighted by Gasteiger charge is 2.37. The molecule has 0 saturated carbocycles. The predicted octanol–water partition coefficient (Wildman–Crippen LogP) is 2.13. The molecular weight excluding hydrogens is 290 g/mol. The van der Waals surface area contributed by atoms with Gasteiger partial charge < -0.3 is 9.84 Å². The normalized spacial score (nSPS) is 18.4. The first-order chi connectivity index (χ1) is 10.1. The molecule has 7 heteroatoms. The van der Waals surface area contributed by atoms with Gasteiger partial charge in [0.05, 0.1) is 0 Å². The van der Waals surface area contributed by atoms with Crippen LogP contribution < -0.4 is 5.32 Å². The number of fused-ring (bicyclic) bond motifs is 1. The van der Waals surface area contributed by atoms with Gasteiger partial charge in [-0.05, 0) is 32.0 Å². The third-order valence-corrected chi connectivity index (χ3v) is 4.19. The van der Waals surface area contributed by atoms with Gasteiger partial charge in [-0.25, -0.2) is 4.31 Å². The molecule has 1 aromatic heterocycles. The lowest BCUT2D eigenvalue weighted by molar-refractivity contribution is -0.118. The number of hydrogen-bond acceptors (Lipinski definition) is 6. The quantitative estimate of drug-likeness (QED) is 0.676. The summed E-state index contributed by atoms with van der Waals surface area (Å²) in [5.41, 5.74) is 0.567. The van der Waals surface area contributed by atoms with E-state index < -0.39 is 11.9 Å². The molecule has 0 fully saturated rings. The number of Topliss-reactive ketones (excluding diaryl/α,β-unsaturated/α-hetero) is 1. The summed E-state index contributed by atoms with van der Waals surface area (Å²) in [4.78, 5) is 25.7. The van der Waals surface area contributed by atoms with Gasteiger partial charge in [0, 0.05) is 16.5 Å². The van der Waals surface area contributed by atoms with Crippen LogP contribution in [0.5, 0.6) is 0 Å². The van der Waals surface area contributed by atoms with Crippen LogP contribution >= 0.6 is 11.9 Å². The number of rotatable bonds is 2. The van der Waals surface area contributed by atoms with E-state index in [1.54, 1.807) is 36.5 Å². The second-order valence-corrected chi connectivity index (χ2v) is 5.91. The Labute approximate surface area is 125 Å². The summed E-state index contributed by atoms with van der Waals surface area (Å²) in [5.74, 6) is 0.262. The molecule has 3 rings (SSSR count). The molecule has 6 nitrogen and oxygen atoms in total. The summed E-state index contributed by atoms with van der Waals surface area (Å²) in [6.07, 6.45) is 0. The Kier molecular flexibility index (Phi) is 3.52. The molecule has 0 radical (unpaired) electrons. The molecule has 0 spiro atoms. The van der Waals surface area contributed by atoms with E-state index in [-0.39, 0.29) is 5.78 Å². The minimum absolute atomic E-state index is 0.218. The lowest BCUT2D eigenvalue weighted by Gasteiger charge is -2.30. The van der Waals surface area contributed by atoms with E-state index in [9.17, 15) is 9.59 Å². The van der Waals surface area contributed by atoms with Gasteiger partial charge in [-0.1, -0.05) is 23.4 Å². The highest BCUT2D eigenvalue weighted by atomic mass is 32.2. The number of hydrogen-bond donors (Lipinski definition) is 1. The summed E-state index contributed by atoms with van der Waals surface area (Å²) in [7, 11) is 1.72. The smallest absolute Gasteiger partial charge is 0.251 e. The fourth-order valence-corrected chi connectivity index (χ4v) is 3.19. The van der Waals surface area contributed by atoms with Crippen molar-refractivity contribution in [1.29, 1.82) is 0 Å². The van der Waals surface area contributed by atoms with Crippen molar-refractivity contribution in [3.05, 3.63) is 41.7 Å². The van der Waals surface area contributed by atoms with E-state index in [4.69, 9.17) is 4.52 Å². The second kappa shape index (κ2) is 5.34. The summed E-state index contributed by atoms with van der Waals surface area (Å²) in [5, 5.41) is 6.31. The van der Waals surface area contributed by atoms with Crippen LogP contribution in [0.4, 0.5) is 5.82 Å². The number of aryl methyl sites for hydroxylation is 1. The zero-order chi connectivity index (χ0) is 15.0. The van der Waals surface area contributed by atoms with Gasteiger partial charge in [-0.15, -0.1) is 0 Å². The Morgan fingerprint density at radius 2 is 2.19 bits per heavy atom. The molecule has 1 unspecified atom stereocenters. The molecule has 1 amide bonds. The van der Waals surface area contributed by atoms with Gasteiger partial charge in [0.15, 0.2) is 17.6 Å². The molecule has 0 bridgehead atoms. The maximum atomic E-state index is 12.5. The molecule has 108 valence electrons. The van der Waals surface area contributed by atoms with Crippen molar-refractivity contribution in [2.45, 2.75) is 17.9 Å². The highest BCUT2D eigenvalue weighted by Crippen LogP contribution is 2.34. The van der Waals surface area contributed by atoms with E-state index in [0.717, 1.165) is 4.90 Å². The summed E-state index contributed by atoms with van der Waals surface area (Å²) in [6, 6.07) is 7.97. The standard InChI is InChI=1S/C14H13N3O3S/c1-8-7-11(16-20-8)15-14(19)12-13(18)9-5-3-4-6-10(9)21-17(12)2/h3-7,12H,1-2H3,(H,15,16,19). The fraction of sp³-hybridized carbons (Fsp3) is 0.214. The number of nitrogens with one attached hydrogen (secondary N) is 1. The van der Waals surface area contributed by atoms with Gasteiger partial charge >= 0.3 is 0 Å². The van der Waals surface area contributed by atoms with Crippen molar-refractivity contribution >= 4 is 29.5 Å². The van der Waals surface area contributed by atoms with Crippen molar-refractivity contribution in [1.82, 2.24) is 9.46 Å². The summed E-state index contributed by atoms with van der Waals surface area (Å²) < 4.78 is 6.54. The van der Waals surface area contributed by atoms with Gasteiger partial charge in [0.2, 0.25) is 0 Å². The molecule has 1 atom stereocenters. The molecule has 21 heavy (non-hydrogen) atoms. The SMILES string of the molecule is Cc1cc(NC(=O)C2C(=O)c3ccccc3SN2C)no1. The molecule has 1 aromatic carbocycles. The number of amides is 1. The molecule has 2 heterocycles. The number of anilines is 1. The molecule has 1 aliphatic rings. The van der Waals surface area contributed by atoms with Crippen LogP contribution in [-0.4, -0.2) is 34.2 Å². The highest BCUT2D eigenvalue weighted by molar-refractivity contribution is 7.97. The van der Waals surface area contributed by atoms with Gasteiger partial charge in [-0.2, -0.15) is 0 Å². The van der Waals surface area contributed by atoms with Crippen molar-refractivity contribution < 1.29 is 14.1 Å². The van der Waals surface area contributed by atoms with Crippen LogP contribution in [0.25, 0.3) is 0 Å². The number of ketones is 1. The van der Waals surface area contributed by atoms with Crippen LogP contribution in [-0.2, 0) is 4.79 Å². The van der Waals surface area contributed by atoms with Crippen LogP contribution in [0.1, 0.15) is 16.1 Å². The van der Waals surface area contributed by atoms with E-state index in [0.29, 0.717) is 17.1 Å². The monoisotopic (exact) mass is 303 g/mol. The lowest BCUT2D eigenvalue weighted by Crippen LogP contribution is -2.46. The molecule has 2 aromatic rings. The van der Waals surface area contributed by atoms with E-state index in [2.05, 4.69) is 10.5 Å². The minimum Gasteiger partial charge on any atom is -0.360 e. The third-order valence-electron chi connectivity index (χ3n) is 3.13. The Morgan fingerprint density at radius 1 is 1.43 bits per heavy atom. The van der Waals surface area contributed by atoms with Crippen molar-refractivity contribution in [3.63, 3.8) is 0 Å². The van der Waals surface area contributed by atoms with Crippen LogP contribution in [0, 0.1) is 6.92 Å². The summed E-state index contributed by atoms with van der Waals surface area (Å²) >= 11 is 1.38. The first kappa shape index (κ1) is 13.8. The number of carbonyl (C=O) groups is 2. The zero-order valence-corrected chi connectivity index (χ0v) is 12.3. The third kappa shape index (κ3) is 2.57. The Morgan fingerprint density at radius 3 is 2.90 bits per heavy atom. The zero-order valence-electron chi connectivity index (χ0n) is 11.5. The largest absolute Gasteiger partial charge is 0.360 e. The van der Waals surface area contributed by atoms with Crippen LogP contribution in [0.15, 0.2) is 39.8 Å².